The lowest BCUT2D eigenvalue weighted by atomic mass is 9.84. The van der Waals surface area contributed by atoms with Gasteiger partial charge in [0.2, 0.25) is 0 Å². The van der Waals surface area contributed by atoms with Crippen molar-refractivity contribution in [2.24, 2.45) is 7.05 Å². The number of aryl methyl sites for hydroxylation is 1. The van der Waals surface area contributed by atoms with Crippen LogP contribution in [0.4, 0.5) is 0 Å². The van der Waals surface area contributed by atoms with Gasteiger partial charge in [0.05, 0.1) is 11.8 Å². The summed E-state index contributed by atoms with van der Waals surface area (Å²) in [5.41, 5.74) is 5.23. The van der Waals surface area contributed by atoms with Crippen molar-refractivity contribution in [1.82, 2.24) is 14.7 Å². The predicted octanol–water partition coefficient (Wildman–Crippen LogP) is 4.75. The van der Waals surface area contributed by atoms with Crippen LogP contribution in [0.1, 0.15) is 62.0 Å². The summed E-state index contributed by atoms with van der Waals surface area (Å²) in [5.74, 6) is 0.762. The summed E-state index contributed by atoms with van der Waals surface area (Å²) in [7, 11) is 3.86. The van der Waals surface area contributed by atoms with Crippen LogP contribution in [0.15, 0.2) is 30.5 Å². The fourth-order valence-electron chi connectivity index (χ4n) is 4.79. The Bertz CT molecular complexity index is 723. The minimum Gasteiger partial charge on any atom is -0.381 e. The zero-order valence-corrected chi connectivity index (χ0v) is 16.9. The van der Waals surface area contributed by atoms with Gasteiger partial charge in [0.25, 0.3) is 0 Å². The first-order valence-electron chi connectivity index (χ1n) is 10.6. The fourth-order valence-corrected chi connectivity index (χ4v) is 4.79. The molecule has 4 nitrogen and oxygen atoms in total. The quantitative estimate of drug-likeness (QED) is 0.764. The molecule has 1 aliphatic carbocycles. The Labute approximate surface area is 163 Å². The number of nitrogens with zero attached hydrogens (tertiary/aromatic N) is 3. The summed E-state index contributed by atoms with van der Waals surface area (Å²) < 4.78 is 7.46. The molecule has 1 aromatic carbocycles. The number of likely N-dealkylation sites (tertiary alicyclic amines) is 1. The molecule has 4 heteroatoms. The van der Waals surface area contributed by atoms with Crippen LogP contribution in [0.25, 0.3) is 11.3 Å². The van der Waals surface area contributed by atoms with E-state index in [0.29, 0.717) is 6.10 Å². The SMILES string of the molecule is COC1CCN(Cc2cn(C)nc2-c2ccc(C3CCCCC3)cc2)CC1. The Morgan fingerprint density at radius 1 is 1.00 bits per heavy atom. The molecule has 1 aromatic heterocycles. The van der Waals surface area contributed by atoms with Crippen molar-refractivity contribution in [2.75, 3.05) is 20.2 Å². The van der Waals surface area contributed by atoms with Gasteiger partial charge in [-0.25, -0.2) is 0 Å². The third-order valence-electron chi connectivity index (χ3n) is 6.43. The molecule has 0 atom stereocenters. The lowest BCUT2D eigenvalue weighted by molar-refractivity contribution is 0.0389. The minimum atomic E-state index is 0.432. The van der Waals surface area contributed by atoms with Gasteiger partial charge in [-0.15, -0.1) is 0 Å². The van der Waals surface area contributed by atoms with Crippen LogP contribution >= 0.6 is 0 Å². The zero-order chi connectivity index (χ0) is 18.6. The van der Waals surface area contributed by atoms with E-state index in [9.17, 15) is 0 Å². The van der Waals surface area contributed by atoms with Gasteiger partial charge in [-0.2, -0.15) is 5.10 Å². The number of rotatable bonds is 5. The number of piperidine rings is 1. The molecule has 1 saturated carbocycles. The van der Waals surface area contributed by atoms with Crippen molar-refractivity contribution in [3.63, 3.8) is 0 Å². The molecule has 1 saturated heterocycles. The van der Waals surface area contributed by atoms with Crippen molar-refractivity contribution in [2.45, 2.75) is 63.5 Å². The third-order valence-corrected chi connectivity index (χ3v) is 6.43. The molecule has 2 aromatic rings. The molecule has 0 unspecified atom stereocenters. The normalized spacial score (nSPS) is 20.2. The second kappa shape index (κ2) is 8.57. The maximum atomic E-state index is 5.50. The molecule has 0 N–H and O–H groups in total. The smallest absolute Gasteiger partial charge is 0.0968 e. The Hall–Kier alpha value is -1.65. The van der Waals surface area contributed by atoms with Gasteiger partial charge < -0.3 is 4.74 Å². The molecule has 2 aliphatic rings. The highest BCUT2D eigenvalue weighted by Crippen LogP contribution is 2.34. The summed E-state index contributed by atoms with van der Waals surface area (Å²) in [6.07, 6.45) is 11.8. The van der Waals surface area contributed by atoms with E-state index >= 15 is 0 Å². The van der Waals surface area contributed by atoms with E-state index in [1.54, 1.807) is 0 Å². The van der Waals surface area contributed by atoms with E-state index in [1.165, 1.54) is 48.8 Å². The highest BCUT2D eigenvalue weighted by Gasteiger charge is 2.21. The summed E-state index contributed by atoms with van der Waals surface area (Å²) in [5, 5.41) is 4.78. The first-order chi connectivity index (χ1) is 13.2. The highest BCUT2D eigenvalue weighted by atomic mass is 16.5. The molecule has 27 heavy (non-hydrogen) atoms. The Balaban J connectivity index is 1.47. The fraction of sp³-hybridized carbons (Fsp3) is 0.609. The van der Waals surface area contributed by atoms with Crippen molar-refractivity contribution in [3.05, 3.63) is 41.6 Å². The van der Waals surface area contributed by atoms with Crippen LogP contribution in [-0.4, -0.2) is 41.0 Å². The minimum absolute atomic E-state index is 0.432. The maximum absolute atomic E-state index is 5.50. The summed E-state index contributed by atoms with van der Waals surface area (Å²) in [4.78, 5) is 2.53. The molecule has 1 aliphatic heterocycles. The van der Waals surface area contributed by atoms with Gasteiger partial charge in [-0.05, 0) is 37.2 Å². The van der Waals surface area contributed by atoms with Crippen LogP contribution < -0.4 is 0 Å². The van der Waals surface area contributed by atoms with E-state index in [-0.39, 0.29) is 0 Å². The van der Waals surface area contributed by atoms with Gasteiger partial charge in [0.15, 0.2) is 0 Å². The van der Waals surface area contributed by atoms with Crippen LogP contribution in [0.5, 0.6) is 0 Å². The van der Waals surface area contributed by atoms with Crippen molar-refractivity contribution in [3.8, 4) is 11.3 Å². The van der Waals surface area contributed by atoms with E-state index in [2.05, 4.69) is 35.4 Å². The van der Waals surface area contributed by atoms with Gasteiger partial charge >= 0.3 is 0 Å². The van der Waals surface area contributed by atoms with Crippen LogP contribution in [0.2, 0.25) is 0 Å². The van der Waals surface area contributed by atoms with Gasteiger partial charge in [-0.1, -0.05) is 43.5 Å². The standard InChI is InChI=1S/C23H33N3O/c1-25-16-21(17-26-14-12-22(27-2)13-15-26)23(24-25)20-10-8-19(9-11-20)18-6-4-3-5-7-18/h8-11,16,18,22H,3-7,12-15,17H2,1-2H3. The molecule has 0 bridgehead atoms. The van der Waals surface area contributed by atoms with Crippen LogP contribution in [-0.2, 0) is 18.3 Å². The largest absolute Gasteiger partial charge is 0.381 e. The molecule has 146 valence electrons. The van der Waals surface area contributed by atoms with E-state index in [1.807, 2.05) is 18.8 Å². The first kappa shape index (κ1) is 18.7. The molecule has 0 spiro atoms. The average Bonchev–Trinajstić information content (AvgIpc) is 3.09. The Morgan fingerprint density at radius 3 is 2.37 bits per heavy atom. The molecule has 2 heterocycles. The first-order valence-corrected chi connectivity index (χ1v) is 10.6. The maximum Gasteiger partial charge on any atom is 0.0968 e. The predicted molar refractivity (Wildman–Crippen MR) is 110 cm³/mol. The van der Waals surface area contributed by atoms with E-state index in [4.69, 9.17) is 9.84 Å². The summed E-state index contributed by atoms with van der Waals surface area (Å²) in [6.45, 7) is 3.19. The van der Waals surface area contributed by atoms with Crippen LogP contribution in [0, 0.1) is 0 Å². The number of aromatic nitrogens is 2. The summed E-state index contributed by atoms with van der Waals surface area (Å²) >= 11 is 0. The number of methoxy groups -OCH3 is 1. The zero-order valence-electron chi connectivity index (χ0n) is 16.9. The number of hydrogen-bond donors (Lipinski definition) is 0. The van der Waals surface area contributed by atoms with Crippen molar-refractivity contribution < 1.29 is 4.74 Å². The van der Waals surface area contributed by atoms with E-state index < -0.39 is 0 Å². The number of benzene rings is 1. The van der Waals surface area contributed by atoms with Gasteiger partial charge in [0.1, 0.15) is 0 Å². The highest BCUT2D eigenvalue weighted by molar-refractivity contribution is 5.63. The second-order valence-electron chi connectivity index (χ2n) is 8.34. The van der Waals surface area contributed by atoms with Crippen LogP contribution in [0.3, 0.4) is 0 Å². The second-order valence-corrected chi connectivity index (χ2v) is 8.34. The topological polar surface area (TPSA) is 30.3 Å². The molecular weight excluding hydrogens is 334 g/mol. The lowest BCUT2D eigenvalue weighted by Crippen LogP contribution is -2.36. The summed E-state index contributed by atoms with van der Waals surface area (Å²) in [6, 6.07) is 9.25. The molecule has 4 rings (SSSR count). The third kappa shape index (κ3) is 4.44. The number of hydrogen-bond acceptors (Lipinski definition) is 3. The van der Waals surface area contributed by atoms with Crippen molar-refractivity contribution in [1.29, 1.82) is 0 Å². The lowest BCUT2D eigenvalue weighted by Gasteiger charge is -2.31. The average molecular weight is 368 g/mol. The monoisotopic (exact) mass is 367 g/mol. The molecule has 0 radical (unpaired) electrons. The Kier molecular flexibility index (Phi) is 5.94. The molecular formula is C23H33N3O. The van der Waals surface area contributed by atoms with E-state index in [0.717, 1.165) is 44.1 Å². The number of ether oxygens (including phenoxy) is 1. The van der Waals surface area contributed by atoms with Gasteiger partial charge in [-0.3, -0.25) is 9.58 Å². The molecule has 2 fully saturated rings. The molecule has 0 amide bonds. The Morgan fingerprint density at radius 2 is 1.70 bits per heavy atom. The van der Waals surface area contributed by atoms with Crippen molar-refractivity contribution >= 4 is 0 Å². The van der Waals surface area contributed by atoms with Gasteiger partial charge in [0, 0.05) is 51.1 Å².